The highest BCUT2D eigenvalue weighted by Gasteiger charge is 2.12. The van der Waals surface area contributed by atoms with Gasteiger partial charge in [0.2, 0.25) is 0 Å². The first kappa shape index (κ1) is 8.52. The van der Waals surface area contributed by atoms with Crippen LogP contribution in [0, 0.1) is 0 Å². The second kappa shape index (κ2) is 3.75. The number of rotatable bonds is 1. The molecule has 0 aliphatic carbocycles. The van der Waals surface area contributed by atoms with Crippen molar-refractivity contribution >= 4 is 0 Å². The van der Waals surface area contributed by atoms with Crippen molar-refractivity contribution in [1.82, 2.24) is 0 Å². The first-order valence-corrected chi connectivity index (χ1v) is 4.71. The SMILES string of the molecule is C=CC1CCc2ccccc2CO1. The monoisotopic (exact) mass is 174 g/mol. The van der Waals surface area contributed by atoms with Gasteiger partial charge in [-0.15, -0.1) is 6.58 Å². The zero-order chi connectivity index (χ0) is 9.10. The average Bonchev–Trinajstić information content (AvgIpc) is 2.39. The fraction of sp³-hybridized carbons (Fsp3) is 0.333. The molecule has 1 aromatic carbocycles. The molecule has 0 saturated heterocycles. The fourth-order valence-corrected chi connectivity index (χ4v) is 1.71. The molecule has 68 valence electrons. The summed E-state index contributed by atoms with van der Waals surface area (Å²) in [4.78, 5) is 0. The Kier molecular flexibility index (Phi) is 2.46. The molecular formula is C12H14O. The van der Waals surface area contributed by atoms with E-state index in [9.17, 15) is 0 Å². The van der Waals surface area contributed by atoms with Crippen LogP contribution >= 0.6 is 0 Å². The van der Waals surface area contributed by atoms with Gasteiger partial charge in [-0.1, -0.05) is 30.3 Å². The van der Waals surface area contributed by atoms with Gasteiger partial charge in [0.25, 0.3) is 0 Å². The molecule has 0 N–H and O–H groups in total. The van der Waals surface area contributed by atoms with Crippen LogP contribution in [0.5, 0.6) is 0 Å². The largest absolute Gasteiger partial charge is 0.369 e. The highest BCUT2D eigenvalue weighted by Crippen LogP contribution is 2.19. The van der Waals surface area contributed by atoms with Gasteiger partial charge in [0, 0.05) is 0 Å². The van der Waals surface area contributed by atoms with Crippen LogP contribution in [-0.2, 0) is 17.8 Å². The summed E-state index contributed by atoms with van der Waals surface area (Å²) >= 11 is 0. The number of hydrogen-bond acceptors (Lipinski definition) is 1. The van der Waals surface area contributed by atoms with Crippen LogP contribution in [0.25, 0.3) is 0 Å². The summed E-state index contributed by atoms with van der Waals surface area (Å²) in [6.45, 7) is 4.49. The van der Waals surface area contributed by atoms with Gasteiger partial charge >= 0.3 is 0 Å². The maximum absolute atomic E-state index is 5.66. The van der Waals surface area contributed by atoms with Crippen LogP contribution in [0.3, 0.4) is 0 Å². The van der Waals surface area contributed by atoms with Gasteiger partial charge < -0.3 is 4.74 Å². The zero-order valence-electron chi connectivity index (χ0n) is 7.70. The second-order valence-corrected chi connectivity index (χ2v) is 3.39. The first-order valence-electron chi connectivity index (χ1n) is 4.71. The molecule has 1 heterocycles. The van der Waals surface area contributed by atoms with Crippen molar-refractivity contribution in [3.05, 3.63) is 48.0 Å². The highest BCUT2D eigenvalue weighted by molar-refractivity contribution is 5.27. The van der Waals surface area contributed by atoms with Gasteiger partial charge in [-0.25, -0.2) is 0 Å². The van der Waals surface area contributed by atoms with Crippen LogP contribution in [0.2, 0.25) is 0 Å². The molecular weight excluding hydrogens is 160 g/mol. The summed E-state index contributed by atoms with van der Waals surface area (Å²) in [5.74, 6) is 0. The molecule has 1 aromatic rings. The van der Waals surface area contributed by atoms with Gasteiger partial charge in [0.1, 0.15) is 0 Å². The summed E-state index contributed by atoms with van der Waals surface area (Å²) in [7, 11) is 0. The number of hydrogen-bond donors (Lipinski definition) is 0. The Labute approximate surface area is 79.0 Å². The molecule has 1 unspecified atom stereocenters. The minimum Gasteiger partial charge on any atom is -0.369 e. The van der Waals surface area contributed by atoms with E-state index in [1.807, 2.05) is 6.08 Å². The van der Waals surface area contributed by atoms with Crippen LogP contribution < -0.4 is 0 Å². The first-order chi connectivity index (χ1) is 6.40. The lowest BCUT2D eigenvalue weighted by molar-refractivity contribution is 0.0729. The van der Waals surface area contributed by atoms with Gasteiger partial charge in [0.15, 0.2) is 0 Å². The molecule has 0 saturated carbocycles. The minimum absolute atomic E-state index is 0.229. The molecule has 0 aromatic heterocycles. The van der Waals surface area contributed by atoms with Gasteiger partial charge in [0.05, 0.1) is 12.7 Å². The summed E-state index contributed by atoms with van der Waals surface area (Å²) < 4.78 is 5.66. The predicted octanol–water partition coefficient (Wildman–Crippen LogP) is 2.70. The summed E-state index contributed by atoms with van der Waals surface area (Å²) in [5.41, 5.74) is 2.75. The quantitative estimate of drug-likeness (QED) is 0.595. The topological polar surface area (TPSA) is 9.23 Å². The molecule has 1 aliphatic rings. The van der Waals surface area contributed by atoms with Gasteiger partial charge in [-0.05, 0) is 24.0 Å². The molecule has 13 heavy (non-hydrogen) atoms. The van der Waals surface area contributed by atoms with Gasteiger partial charge in [-0.2, -0.15) is 0 Å². The van der Waals surface area contributed by atoms with Crippen molar-refractivity contribution in [3.8, 4) is 0 Å². The summed E-state index contributed by atoms with van der Waals surface area (Å²) in [5, 5.41) is 0. The smallest absolute Gasteiger partial charge is 0.0760 e. The van der Waals surface area contributed by atoms with E-state index in [-0.39, 0.29) is 6.10 Å². The van der Waals surface area contributed by atoms with E-state index < -0.39 is 0 Å². The molecule has 1 atom stereocenters. The van der Waals surface area contributed by atoms with Crippen molar-refractivity contribution < 1.29 is 4.74 Å². The summed E-state index contributed by atoms with van der Waals surface area (Å²) in [6, 6.07) is 8.48. The minimum atomic E-state index is 0.229. The van der Waals surface area contributed by atoms with E-state index in [4.69, 9.17) is 4.74 Å². The molecule has 0 fully saturated rings. The third-order valence-corrected chi connectivity index (χ3v) is 2.53. The third kappa shape index (κ3) is 1.81. The van der Waals surface area contributed by atoms with Crippen LogP contribution in [0.15, 0.2) is 36.9 Å². The number of aryl methyl sites for hydroxylation is 1. The van der Waals surface area contributed by atoms with E-state index in [1.165, 1.54) is 11.1 Å². The van der Waals surface area contributed by atoms with Crippen molar-refractivity contribution in [1.29, 1.82) is 0 Å². The van der Waals surface area contributed by atoms with E-state index in [0.717, 1.165) is 19.4 Å². The molecule has 1 nitrogen and oxygen atoms in total. The molecule has 0 radical (unpaired) electrons. The Morgan fingerprint density at radius 3 is 2.85 bits per heavy atom. The Morgan fingerprint density at radius 2 is 2.08 bits per heavy atom. The molecule has 0 amide bonds. The van der Waals surface area contributed by atoms with Crippen LogP contribution in [0.4, 0.5) is 0 Å². The normalized spacial score (nSPS) is 21.7. The number of benzene rings is 1. The van der Waals surface area contributed by atoms with Crippen molar-refractivity contribution in [2.24, 2.45) is 0 Å². The van der Waals surface area contributed by atoms with E-state index in [1.54, 1.807) is 0 Å². The Morgan fingerprint density at radius 1 is 1.31 bits per heavy atom. The van der Waals surface area contributed by atoms with E-state index in [0.29, 0.717) is 0 Å². The lowest BCUT2D eigenvalue weighted by Gasteiger charge is -2.07. The summed E-state index contributed by atoms with van der Waals surface area (Å²) in [6.07, 6.45) is 4.28. The lowest BCUT2D eigenvalue weighted by atomic mass is 10.0. The number of ether oxygens (including phenoxy) is 1. The molecule has 0 bridgehead atoms. The molecule has 0 spiro atoms. The maximum Gasteiger partial charge on any atom is 0.0760 e. The molecule has 1 aliphatic heterocycles. The molecule has 2 rings (SSSR count). The van der Waals surface area contributed by atoms with E-state index >= 15 is 0 Å². The standard InChI is InChI=1S/C12H14O/c1-2-12-8-7-10-5-3-4-6-11(10)9-13-12/h2-6,12H,1,7-9H2. The highest BCUT2D eigenvalue weighted by atomic mass is 16.5. The van der Waals surface area contributed by atoms with Crippen molar-refractivity contribution in [2.45, 2.75) is 25.6 Å². The average molecular weight is 174 g/mol. The zero-order valence-corrected chi connectivity index (χ0v) is 7.70. The number of fused-ring (bicyclic) bond motifs is 1. The fourth-order valence-electron chi connectivity index (χ4n) is 1.71. The van der Waals surface area contributed by atoms with Crippen LogP contribution in [-0.4, -0.2) is 6.10 Å². The lowest BCUT2D eigenvalue weighted by Crippen LogP contribution is -2.06. The van der Waals surface area contributed by atoms with Gasteiger partial charge in [-0.3, -0.25) is 0 Å². The Balaban J connectivity index is 2.21. The second-order valence-electron chi connectivity index (χ2n) is 3.39. The predicted molar refractivity (Wildman–Crippen MR) is 53.5 cm³/mol. The third-order valence-electron chi connectivity index (χ3n) is 2.53. The molecule has 1 heteroatoms. The Hall–Kier alpha value is -1.08. The maximum atomic E-state index is 5.66. The van der Waals surface area contributed by atoms with Crippen molar-refractivity contribution in [3.63, 3.8) is 0 Å². The van der Waals surface area contributed by atoms with Crippen LogP contribution in [0.1, 0.15) is 17.5 Å². The Bertz CT molecular complexity index is 277. The van der Waals surface area contributed by atoms with E-state index in [2.05, 4.69) is 30.8 Å². The van der Waals surface area contributed by atoms with Crippen molar-refractivity contribution in [2.75, 3.05) is 0 Å².